The van der Waals surface area contributed by atoms with Gasteiger partial charge in [-0.15, -0.1) is 0 Å². The van der Waals surface area contributed by atoms with Crippen LogP contribution in [0.25, 0.3) is 28.7 Å². The van der Waals surface area contributed by atoms with Crippen molar-refractivity contribution < 1.29 is 24.9 Å². The fraction of sp³-hybridized carbons (Fsp3) is 0.296. The van der Waals surface area contributed by atoms with Gasteiger partial charge in [-0.1, -0.05) is 42.5 Å². The molecule has 7 nitrogen and oxygen atoms in total. The third kappa shape index (κ3) is 5.87. The molecule has 0 bridgehead atoms. The van der Waals surface area contributed by atoms with Crippen LogP contribution in [-0.4, -0.2) is 50.6 Å². The van der Waals surface area contributed by atoms with Gasteiger partial charge in [0.1, 0.15) is 5.75 Å². The Kier molecular flexibility index (Phi) is 7.35. The fourth-order valence-corrected chi connectivity index (χ4v) is 3.85. The zero-order valence-corrected chi connectivity index (χ0v) is 19.0. The van der Waals surface area contributed by atoms with Crippen molar-refractivity contribution in [1.82, 2.24) is 9.97 Å². The van der Waals surface area contributed by atoms with E-state index in [0.29, 0.717) is 11.7 Å². The highest BCUT2D eigenvalue weighted by molar-refractivity contribution is 5.76. The van der Waals surface area contributed by atoms with E-state index in [4.69, 9.17) is 19.8 Å². The lowest BCUT2D eigenvalue weighted by molar-refractivity contribution is -0.139. The number of aliphatic carboxylic acids is 1. The first-order valence-electron chi connectivity index (χ1n) is 11.3. The third-order valence-corrected chi connectivity index (χ3v) is 5.74. The van der Waals surface area contributed by atoms with Crippen LogP contribution in [0.4, 0.5) is 0 Å². The van der Waals surface area contributed by atoms with Gasteiger partial charge in [0.2, 0.25) is 0 Å². The second-order valence-electron chi connectivity index (χ2n) is 8.48. The number of rotatable bonds is 10. The monoisotopic (exact) mass is 460 g/mol. The lowest BCUT2D eigenvalue weighted by Crippen LogP contribution is -2.19. The van der Waals surface area contributed by atoms with E-state index >= 15 is 0 Å². The summed E-state index contributed by atoms with van der Waals surface area (Å²) < 4.78 is 5.27. The number of aromatic nitrogens is 2. The Bertz CT molecular complexity index is 1160. The summed E-state index contributed by atoms with van der Waals surface area (Å²) in [6.07, 6.45) is 2.86. The number of ether oxygens (including phenoxy) is 1. The predicted octanol–water partition coefficient (Wildman–Crippen LogP) is 4.30. The molecule has 3 aromatic rings. The molecule has 0 saturated heterocycles. The number of hydrogen-bond acceptors (Lipinski definition) is 6. The molecule has 176 valence electrons. The van der Waals surface area contributed by atoms with Gasteiger partial charge in [0.25, 0.3) is 0 Å². The molecule has 4 rings (SSSR count). The maximum absolute atomic E-state index is 10.8. The van der Waals surface area contributed by atoms with Crippen LogP contribution in [0.2, 0.25) is 0 Å². The molecule has 2 aromatic carbocycles. The molecule has 7 heteroatoms. The molecule has 1 aromatic heterocycles. The van der Waals surface area contributed by atoms with Gasteiger partial charge in [-0.05, 0) is 37.1 Å². The summed E-state index contributed by atoms with van der Waals surface area (Å²) in [5, 5.41) is 29.1. The highest BCUT2D eigenvalue weighted by atomic mass is 16.5. The smallest absolute Gasteiger partial charge is 0.305 e. The fourth-order valence-electron chi connectivity index (χ4n) is 3.85. The van der Waals surface area contributed by atoms with Crippen molar-refractivity contribution in [2.45, 2.75) is 43.8 Å². The predicted molar refractivity (Wildman–Crippen MR) is 129 cm³/mol. The van der Waals surface area contributed by atoms with Crippen LogP contribution in [-0.2, 0) is 4.79 Å². The Morgan fingerprint density at radius 1 is 1.06 bits per heavy atom. The Morgan fingerprint density at radius 2 is 1.76 bits per heavy atom. The molecule has 1 aliphatic carbocycles. The van der Waals surface area contributed by atoms with Gasteiger partial charge < -0.3 is 20.1 Å². The first kappa shape index (κ1) is 23.6. The molecule has 0 amide bonds. The van der Waals surface area contributed by atoms with Crippen LogP contribution < -0.4 is 4.74 Å². The molecule has 2 unspecified atom stereocenters. The van der Waals surface area contributed by atoms with Crippen molar-refractivity contribution in [1.29, 1.82) is 0 Å². The van der Waals surface area contributed by atoms with E-state index < -0.39 is 24.6 Å². The van der Waals surface area contributed by atoms with Crippen molar-refractivity contribution in [2.24, 2.45) is 0 Å². The lowest BCUT2D eigenvalue weighted by atomic mass is 9.99. The molecule has 34 heavy (non-hydrogen) atoms. The Morgan fingerprint density at radius 3 is 2.38 bits per heavy atom. The van der Waals surface area contributed by atoms with Gasteiger partial charge in [0.05, 0.1) is 37.1 Å². The molecular formula is C27H28N2O5. The summed E-state index contributed by atoms with van der Waals surface area (Å²) in [6, 6.07) is 17.4. The van der Waals surface area contributed by atoms with E-state index in [0.717, 1.165) is 46.7 Å². The Balaban J connectivity index is 1.74. The zero-order chi connectivity index (χ0) is 24.1. The van der Waals surface area contributed by atoms with E-state index in [2.05, 4.69) is 0 Å². The number of nitrogens with zero attached hydrogens (tertiary/aromatic N) is 2. The van der Waals surface area contributed by atoms with Crippen LogP contribution in [0.5, 0.6) is 5.75 Å². The van der Waals surface area contributed by atoms with Crippen molar-refractivity contribution in [3.63, 3.8) is 0 Å². The highest BCUT2D eigenvalue weighted by Gasteiger charge is 2.30. The molecule has 1 heterocycles. The molecule has 1 aliphatic rings. The topological polar surface area (TPSA) is 113 Å². The number of carbonyl (C=O) groups is 1. The number of aliphatic hydroxyl groups is 2. The second kappa shape index (κ2) is 10.6. The number of benzene rings is 2. The first-order valence-corrected chi connectivity index (χ1v) is 11.3. The number of carboxylic acid groups (broad SMARTS) is 1. The van der Waals surface area contributed by atoms with Gasteiger partial charge in [0, 0.05) is 29.0 Å². The summed E-state index contributed by atoms with van der Waals surface area (Å²) in [5.41, 5.74) is 4.33. The molecule has 0 radical (unpaired) electrons. The van der Waals surface area contributed by atoms with Crippen LogP contribution in [0.15, 0.2) is 60.7 Å². The highest BCUT2D eigenvalue weighted by Crippen LogP contribution is 2.43. The molecular weight excluding hydrogens is 432 g/mol. The third-order valence-electron chi connectivity index (χ3n) is 5.74. The molecule has 2 atom stereocenters. The zero-order valence-electron chi connectivity index (χ0n) is 19.0. The minimum atomic E-state index is -1.12. The molecule has 1 fully saturated rings. The summed E-state index contributed by atoms with van der Waals surface area (Å²) >= 11 is 0. The van der Waals surface area contributed by atoms with Gasteiger partial charge in [-0.2, -0.15) is 0 Å². The van der Waals surface area contributed by atoms with E-state index in [-0.39, 0.29) is 6.42 Å². The average molecular weight is 461 g/mol. The Hall–Kier alpha value is -3.55. The second-order valence-corrected chi connectivity index (χ2v) is 8.48. The summed E-state index contributed by atoms with van der Waals surface area (Å²) in [7, 11) is 1.63. The number of carboxylic acids is 1. The van der Waals surface area contributed by atoms with E-state index in [9.17, 15) is 15.0 Å². The van der Waals surface area contributed by atoms with E-state index in [1.54, 1.807) is 19.3 Å². The molecule has 3 N–H and O–H groups in total. The standard InChI is InChI=1S/C27H28N2O5/c1-34-22-12-9-19(10-13-22)27-28-25(17-5-3-2-4-6-17)23(26(29-27)18-7-8-18)14-11-20(30)15-21(31)16-24(32)33/h2-6,9-14,18,20-21,30-31H,7-8,15-16H2,1H3,(H,32,33)/b14-11+. The van der Waals surface area contributed by atoms with Crippen molar-refractivity contribution in [3.05, 3.63) is 71.9 Å². The summed E-state index contributed by atoms with van der Waals surface area (Å²) in [6.45, 7) is 0. The van der Waals surface area contributed by atoms with Gasteiger partial charge >= 0.3 is 5.97 Å². The number of hydrogen-bond donors (Lipinski definition) is 3. The molecule has 0 spiro atoms. The summed E-state index contributed by atoms with van der Waals surface area (Å²) in [4.78, 5) is 20.6. The normalized spacial score (nSPS) is 15.3. The first-order chi connectivity index (χ1) is 16.4. The average Bonchev–Trinajstić information content (AvgIpc) is 3.68. The van der Waals surface area contributed by atoms with Crippen LogP contribution in [0.3, 0.4) is 0 Å². The minimum Gasteiger partial charge on any atom is -0.497 e. The van der Waals surface area contributed by atoms with E-state index in [1.807, 2.05) is 54.6 Å². The SMILES string of the molecule is COc1ccc(-c2nc(-c3ccccc3)c(/C=C/C(O)CC(O)CC(=O)O)c(C3CC3)n2)cc1. The van der Waals surface area contributed by atoms with E-state index in [1.165, 1.54) is 0 Å². The maximum Gasteiger partial charge on any atom is 0.305 e. The largest absolute Gasteiger partial charge is 0.497 e. The number of aliphatic hydroxyl groups excluding tert-OH is 2. The lowest BCUT2D eigenvalue weighted by Gasteiger charge is -2.15. The quantitative estimate of drug-likeness (QED) is 0.413. The minimum absolute atomic E-state index is 0.0625. The molecule has 1 saturated carbocycles. The van der Waals surface area contributed by atoms with Gasteiger partial charge in [0.15, 0.2) is 5.82 Å². The van der Waals surface area contributed by atoms with Gasteiger partial charge in [-0.25, -0.2) is 9.97 Å². The van der Waals surface area contributed by atoms with Crippen molar-refractivity contribution in [3.8, 4) is 28.4 Å². The Labute approximate surface area is 198 Å². The summed E-state index contributed by atoms with van der Waals surface area (Å²) in [5.74, 6) is 0.594. The van der Waals surface area contributed by atoms with Crippen LogP contribution >= 0.6 is 0 Å². The van der Waals surface area contributed by atoms with Gasteiger partial charge in [-0.3, -0.25) is 4.79 Å². The maximum atomic E-state index is 10.8. The number of methoxy groups -OCH3 is 1. The van der Waals surface area contributed by atoms with Crippen molar-refractivity contribution >= 4 is 12.0 Å². The van der Waals surface area contributed by atoms with Crippen LogP contribution in [0, 0.1) is 0 Å². The van der Waals surface area contributed by atoms with Crippen LogP contribution in [0.1, 0.15) is 42.9 Å². The molecule has 0 aliphatic heterocycles. The van der Waals surface area contributed by atoms with Crippen molar-refractivity contribution in [2.75, 3.05) is 7.11 Å².